The van der Waals surface area contributed by atoms with Gasteiger partial charge in [0.1, 0.15) is 0 Å². The summed E-state index contributed by atoms with van der Waals surface area (Å²) in [6, 6.07) is 1.77. The van der Waals surface area contributed by atoms with Crippen molar-refractivity contribution in [3.05, 3.63) is 23.0 Å². The molecule has 1 aliphatic heterocycles. The first-order valence-electron chi connectivity index (χ1n) is 7.55. The van der Waals surface area contributed by atoms with Crippen molar-refractivity contribution in [1.82, 2.24) is 24.8 Å². The van der Waals surface area contributed by atoms with E-state index >= 15 is 0 Å². The molecule has 2 aromatic rings. The molecule has 0 saturated carbocycles. The number of tetrazole rings is 1. The van der Waals surface area contributed by atoms with Crippen LogP contribution in [0.5, 0.6) is 0 Å². The lowest BCUT2D eigenvalue weighted by Crippen LogP contribution is -2.14. The lowest BCUT2D eigenvalue weighted by atomic mass is 10.2. The number of sulfone groups is 1. The lowest BCUT2D eigenvalue weighted by molar-refractivity contribution is 0.102. The van der Waals surface area contributed by atoms with E-state index in [9.17, 15) is 13.2 Å². The summed E-state index contributed by atoms with van der Waals surface area (Å²) in [6.07, 6.45) is 0.603. The molecular formula is C14H19N5O3S2. The molecule has 0 spiro atoms. The Balaban J connectivity index is 1.78. The molecule has 3 heterocycles. The first-order valence-corrected chi connectivity index (χ1v) is 10.4. The highest BCUT2D eigenvalue weighted by atomic mass is 32.2. The number of carbonyl (C=O) groups excluding carboxylic acids is 1. The average Bonchev–Trinajstić information content (AvgIpc) is 3.15. The highest BCUT2D eigenvalue weighted by molar-refractivity contribution is 7.99. The number of nitrogens with zero attached hydrogens (tertiary/aromatic N) is 5. The Morgan fingerprint density at radius 1 is 1.42 bits per heavy atom. The summed E-state index contributed by atoms with van der Waals surface area (Å²) in [5.74, 6) is 0.591. The van der Waals surface area contributed by atoms with Crippen LogP contribution in [0.3, 0.4) is 0 Å². The summed E-state index contributed by atoms with van der Waals surface area (Å²) in [7, 11) is -1.25. The van der Waals surface area contributed by atoms with E-state index in [0.717, 1.165) is 11.4 Å². The second kappa shape index (κ2) is 6.32. The van der Waals surface area contributed by atoms with Crippen LogP contribution in [0.2, 0.25) is 0 Å². The van der Waals surface area contributed by atoms with Crippen LogP contribution in [0.4, 0.5) is 0 Å². The first-order chi connectivity index (χ1) is 11.3. The minimum Gasteiger partial charge on any atom is -0.344 e. The predicted molar refractivity (Wildman–Crippen MR) is 90.1 cm³/mol. The standard InChI is InChI=1S/C14H19N5O3S2/c1-9-6-12(13(20)7-23-14-15-16-17-18(14)3)10(2)19(9)11-4-5-24(21,22)8-11/h6,11H,4-5,7-8H2,1-3H3/t11-/m0/s1. The number of aryl methyl sites for hydroxylation is 2. The van der Waals surface area contributed by atoms with E-state index in [-0.39, 0.29) is 29.1 Å². The molecule has 10 heteroatoms. The highest BCUT2D eigenvalue weighted by Crippen LogP contribution is 2.29. The maximum atomic E-state index is 12.5. The Hall–Kier alpha value is -1.68. The van der Waals surface area contributed by atoms with Crippen molar-refractivity contribution < 1.29 is 13.2 Å². The van der Waals surface area contributed by atoms with E-state index in [0.29, 0.717) is 17.1 Å². The number of carbonyl (C=O) groups is 1. The molecule has 0 unspecified atom stereocenters. The summed E-state index contributed by atoms with van der Waals surface area (Å²) >= 11 is 1.28. The quantitative estimate of drug-likeness (QED) is 0.572. The van der Waals surface area contributed by atoms with E-state index in [1.165, 1.54) is 16.4 Å². The molecule has 24 heavy (non-hydrogen) atoms. The van der Waals surface area contributed by atoms with Gasteiger partial charge >= 0.3 is 0 Å². The minimum absolute atomic E-state index is 0.0109. The van der Waals surface area contributed by atoms with Gasteiger partial charge in [0.25, 0.3) is 0 Å². The first kappa shape index (κ1) is 17.2. The molecule has 1 saturated heterocycles. The van der Waals surface area contributed by atoms with E-state index in [1.54, 1.807) is 7.05 Å². The van der Waals surface area contributed by atoms with Crippen LogP contribution in [0.15, 0.2) is 11.2 Å². The summed E-state index contributed by atoms with van der Waals surface area (Å²) < 4.78 is 27.0. The number of ketones is 1. The molecule has 0 aromatic carbocycles. The fourth-order valence-corrected chi connectivity index (χ4v) is 5.58. The fourth-order valence-electron chi connectivity index (χ4n) is 3.15. The van der Waals surface area contributed by atoms with Crippen LogP contribution in [0.25, 0.3) is 0 Å². The third-order valence-corrected chi connectivity index (χ3v) is 7.03. The van der Waals surface area contributed by atoms with Gasteiger partial charge in [-0.1, -0.05) is 11.8 Å². The highest BCUT2D eigenvalue weighted by Gasteiger charge is 2.31. The largest absolute Gasteiger partial charge is 0.344 e. The van der Waals surface area contributed by atoms with Crippen LogP contribution in [-0.2, 0) is 16.9 Å². The predicted octanol–water partition coefficient (Wildman–Crippen LogP) is 0.963. The van der Waals surface area contributed by atoms with Gasteiger partial charge in [-0.05, 0) is 36.8 Å². The molecule has 130 valence electrons. The summed E-state index contributed by atoms with van der Waals surface area (Å²) in [5, 5.41) is 11.7. The second-order valence-electron chi connectivity index (χ2n) is 6.01. The van der Waals surface area contributed by atoms with Gasteiger partial charge in [-0.25, -0.2) is 13.1 Å². The number of Topliss-reactive ketones (excluding diaryl/α,β-unsaturated/α-hetero) is 1. The smallest absolute Gasteiger partial charge is 0.209 e. The molecule has 0 amide bonds. The van der Waals surface area contributed by atoms with Gasteiger partial charge in [0, 0.05) is 30.0 Å². The molecule has 1 atom stereocenters. The molecule has 3 rings (SSSR count). The number of rotatable bonds is 5. The lowest BCUT2D eigenvalue weighted by Gasteiger charge is -2.16. The number of aromatic nitrogens is 5. The van der Waals surface area contributed by atoms with Crippen LogP contribution in [0.1, 0.15) is 34.2 Å². The topological polar surface area (TPSA) is 99.7 Å². The molecule has 1 aliphatic rings. The average molecular weight is 369 g/mol. The third-order valence-electron chi connectivity index (χ3n) is 4.27. The van der Waals surface area contributed by atoms with E-state index in [4.69, 9.17) is 0 Å². The molecular weight excluding hydrogens is 350 g/mol. The molecule has 8 nitrogen and oxygen atoms in total. The van der Waals surface area contributed by atoms with Crippen molar-refractivity contribution in [2.24, 2.45) is 7.05 Å². The Bertz CT molecular complexity index is 884. The molecule has 2 aromatic heterocycles. The van der Waals surface area contributed by atoms with Gasteiger partial charge in [-0.3, -0.25) is 4.79 Å². The van der Waals surface area contributed by atoms with Gasteiger partial charge in [0.05, 0.1) is 17.3 Å². The van der Waals surface area contributed by atoms with Gasteiger partial charge < -0.3 is 4.57 Å². The Morgan fingerprint density at radius 2 is 2.17 bits per heavy atom. The Kier molecular flexibility index (Phi) is 4.52. The maximum absolute atomic E-state index is 12.5. The molecule has 0 aliphatic carbocycles. The molecule has 1 fully saturated rings. The SMILES string of the molecule is Cc1cc(C(=O)CSc2nnnn2C)c(C)n1[C@H]1CCS(=O)(=O)C1. The number of thioether (sulfide) groups is 1. The zero-order valence-corrected chi connectivity index (χ0v) is 15.4. The van der Waals surface area contributed by atoms with Crippen LogP contribution in [-0.4, -0.2) is 56.2 Å². The van der Waals surface area contributed by atoms with Crippen molar-refractivity contribution in [2.75, 3.05) is 17.3 Å². The van der Waals surface area contributed by atoms with Gasteiger partial charge in [-0.2, -0.15) is 0 Å². The maximum Gasteiger partial charge on any atom is 0.209 e. The normalized spacial score (nSPS) is 19.7. The van der Waals surface area contributed by atoms with Crippen molar-refractivity contribution in [2.45, 2.75) is 31.5 Å². The minimum atomic E-state index is -2.97. The number of hydrogen-bond acceptors (Lipinski definition) is 7. The van der Waals surface area contributed by atoms with Crippen LogP contribution in [0, 0.1) is 13.8 Å². The van der Waals surface area contributed by atoms with Crippen molar-refractivity contribution in [1.29, 1.82) is 0 Å². The number of hydrogen-bond donors (Lipinski definition) is 0. The van der Waals surface area contributed by atoms with Crippen LogP contribution < -0.4 is 0 Å². The summed E-state index contributed by atoms with van der Waals surface area (Å²) in [5.41, 5.74) is 2.39. The van der Waals surface area contributed by atoms with Crippen molar-refractivity contribution in [3.8, 4) is 0 Å². The van der Waals surface area contributed by atoms with E-state index in [2.05, 4.69) is 15.5 Å². The van der Waals surface area contributed by atoms with Crippen molar-refractivity contribution in [3.63, 3.8) is 0 Å². The Labute approximate surface area is 144 Å². The molecule has 0 bridgehead atoms. The zero-order valence-electron chi connectivity index (χ0n) is 13.8. The summed E-state index contributed by atoms with van der Waals surface area (Å²) in [4.78, 5) is 12.5. The zero-order chi connectivity index (χ0) is 17.5. The second-order valence-corrected chi connectivity index (χ2v) is 9.18. The molecule has 0 N–H and O–H groups in total. The van der Waals surface area contributed by atoms with Gasteiger partial charge in [0.15, 0.2) is 15.6 Å². The van der Waals surface area contributed by atoms with E-state index in [1.807, 2.05) is 24.5 Å². The Morgan fingerprint density at radius 3 is 2.75 bits per heavy atom. The van der Waals surface area contributed by atoms with Gasteiger partial charge in [-0.15, -0.1) is 5.10 Å². The third kappa shape index (κ3) is 3.25. The monoisotopic (exact) mass is 369 g/mol. The van der Waals surface area contributed by atoms with Crippen molar-refractivity contribution >= 4 is 27.4 Å². The van der Waals surface area contributed by atoms with Gasteiger partial charge in [0.2, 0.25) is 5.16 Å². The molecule has 0 radical (unpaired) electrons. The fraction of sp³-hybridized carbons (Fsp3) is 0.571. The summed E-state index contributed by atoms with van der Waals surface area (Å²) in [6.45, 7) is 3.79. The van der Waals surface area contributed by atoms with Crippen LogP contribution >= 0.6 is 11.8 Å². The van der Waals surface area contributed by atoms with E-state index < -0.39 is 9.84 Å².